The zero-order valence-corrected chi connectivity index (χ0v) is 14.8. The monoisotopic (exact) mass is 366 g/mol. The molecule has 0 spiro atoms. The molecule has 1 amide bonds. The van der Waals surface area contributed by atoms with Gasteiger partial charge in [-0.15, -0.1) is 0 Å². The molecule has 0 radical (unpaired) electrons. The van der Waals surface area contributed by atoms with Crippen LogP contribution in [0.2, 0.25) is 0 Å². The minimum absolute atomic E-state index is 0.157. The van der Waals surface area contributed by atoms with Crippen LogP contribution in [0.5, 0.6) is 0 Å². The lowest BCUT2D eigenvalue weighted by molar-refractivity contribution is -0.116. The molecule has 0 aliphatic rings. The van der Waals surface area contributed by atoms with Gasteiger partial charge in [-0.3, -0.25) is 9.52 Å². The van der Waals surface area contributed by atoms with Gasteiger partial charge in [-0.05, 0) is 35.2 Å². The summed E-state index contributed by atoms with van der Waals surface area (Å²) >= 11 is 0. The molecule has 5 nitrogen and oxygen atoms in total. The van der Waals surface area contributed by atoms with Gasteiger partial charge in [-0.1, -0.05) is 55.1 Å². The smallest absolute Gasteiger partial charge is 0.261 e. The third-order valence-electron chi connectivity index (χ3n) is 3.92. The lowest BCUT2D eigenvalue weighted by Crippen LogP contribution is -2.20. The summed E-state index contributed by atoms with van der Waals surface area (Å²) in [4.78, 5) is 11.3. The van der Waals surface area contributed by atoms with Crippen molar-refractivity contribution in [1.29, 1.82) is 0 Å². The van der Waals surface area contributed by atoms with Crippen molar-refractivity contribution in [1.82, 2.24) is 5.32 Å². The van der Waals surface area contributed by atoms with Gasteiger partial charge in [0.1, 0.15) is 0 Å². The summed E-state index contributed by atoms with van der Waals surface area (Å²) in [6, 6.07) is 19.4. The molecule has 0 aliphatic heterocycles. The van der Waals surface area contributed by atoms with E-state index < -0.39 is 10.0 Å². The van der Waals surface area contributed by atoms with Crippen LogP contribution in [-0.4, -0.2) is 14.3 Å². The van der Waals surface area contributed by atoms with Crippen molar-refractivity contribution in [2.75, 3.05) is 4.72 Å². The predicted molar refractivity (Wildman–Crippen MR) is 103 cm³/mol. The fraction of sp³-hybridized carbons (Fsp3) is 0.0500. The molecular formula is C20H18N2O3S. The highest BCUT2D eigenvalue weighted by Gasteiger charge is 2.15. The van der Waals surface area contributed by atoms with Crippen LogP contribution in [0.25, 0.3) is 10.8 Å². The largest absolute Gasteiger partial charge is 0.348 e. The second-order valence-electron chi connectivity index (χ2n) is 5.70. The number of hydrogen-bond donors (Lipinski definition) is 2. The Hall–Kier alpha value is -3.12. The average Bonchev–Trinajstić information content (AvgIpc) is 2.66. The minimum atomic E-state index is -3.71. The summed E-state index contributed by atoms with van der Waals surface area (Å²) in [5, 5.41) is 4.44. The van der Waals surface area contributed by atoms with Gasteiger partial charge >= 0.3 is 0 Å². The Balaban J connectivity index is 1.81. The van der Waals surface area contributed by atoms with E-state index in [1.54, 1.807) is 18.2 Å². The molecular weight excluding hydrogens is 348 g/mol. The van der Waals surface area contributed by atoms with E-state index in [0.717, 1.165) is 16.3 Å². The van der Waals surface area contributed by atoms with Crippen molar-refractivity contribution >= 4 is 32.4 Å². The van der Waals surface area contributed by atoms with Gasteiger partial charge in [0, 0.05) is 11.9 Å². The van der Waals surface area contributed by atoms with E-state index in [-0.39, 0.29) is 10.8 Å². The van der Waals surface area contributed by atoms with E-state index in [1.165, 1.54) is 18.2 Å². The third-order valence-corrected chi connectivity index (χ3v) is 5.30. The Bertz CT molecular complexity index is 1050. The number of hydrogen-bond acceptors (Lipinski definition) is 3. The quantitative estimate of drug-likeness (QED) is 0.656. The van der Waals surface area contributed by atoms with Crippen LogP contribution in [0.3, 0.4) is 0 Å². The summed E-state index contributed by atoms with van der Waals surface area (Å²) in [6.45, 7) is 3.69. The number of rotatable bonds is 6. The van der Waals surface area contributed by atoms with Crippen molar-refractivity contribution in [2.24, 2.45) is 0 Å². The van der Waals surface area contributed by atoms with Gasteiger partial charge in [-0.2, -0.15) is 0 Å². The number of benzene rings is 3. The first-order chi connectivity index (χ1) is 12.5. The van der Waals surface area contributed by atoms with Crippen LogP contribution >= 0.6 is 0 Å². The van der Waals surface area contributed by atoms with Gasteiger partial charge in [0.15, 0.2) is 0 Å². The summed E-state index contributed by atoms with van der Waals surface area (Å²) < 4.78 is 28.0. The molecule has 0 heterocycles. The van der Waals surface area contributed by atoms with E-state index in [4.69, 9.17) is 0 Å². The fourth-order valence-corrected chi connectivity index (χ4v) is 3.65. The molecule has 0 saturated heterocycles. The molecule has 132 valence electrons. The molecule has 3 aromatic carbocycles. The van der Waals surface area contributed by atoms with E-state index in [9.17, 15) is 13.2 Å². The standard InChI is InChI=1S/C20H18N2O3S/c1-2-20(23)21-14-15-10-12-17(13-11-15)26(24,25)22-19-9-5-7-16-6-3-4-8-18(16)19/h2-13,22H,1,14H2,(H,21,23). The lowest BCUT2D eigenvalue weighted by atomic mass is 10.1. The Kier molecular flexibility index (Phi) is 5.04. The summed E-state index contributed by atoms with van der Waals surface area (Å²) in [5.41, 5.74) is 1.33. The van der Waals surface area contributed by atoms with Crippen molar-refractivity contribution < 1.29 is 13.2 Å². The molecule has 26 heavy (non-hydrogen) atoms. The average molecular weight is 366 g/mol. The molecule has 0 fully saturated rings. The van der Waals surface area contributed by atoms with Crippen molar-refractivity contribution in [3.05, 3.63) is 84.9 Å². The van der Waals surface area contributed by atoms with Crippen LogP contribution in [0, 0.1) is 0 Å². The number of sulfonamides is 1. The molecule has 0 atom stereocenters. The second kappa shape index (κ2) is 7.41. The van der Waals surface area contributed by atoms with Crippen molar-refractivity contribution in [2.45, 2.75) is 11.4 Å². The highest BCUT2D eigenvalue weighted by molar-refractivity contribution is 7.92. The maximum absolute atomic E-state index is 12.7. The topological polar surface area (TPSA) is 75.3 Å². The summed E-state index contributed by atoms with van der Waals surface area (Å²) in [6.07, 6.45) is 1.19. The van der Waals surface area contributed by atoms with Crippen LogP contribution in [0.4, 0.5) is 5.69 Å². The molecule has 0 bridgehead atoms. The predicted octanol–water partition coefficient (Wildman–Crippen LogP) is 3.44. The SMILES string of the molecule is C=CC(=O)NCc1ccc(S(=O)(=O)Nc2cccc3ccccc23)cc1. The molecule has 3 rings (SSSR count). The normalized spacial score (nSPS) is 11.1. The zero-order chi connectivity index (χ0) is 18.6. The first kappa shape index (κ1) is 17.7. The van der Waals surface area contributed by atoms with Gasteiger partial charge in [0.25, 0.3) is 10.0 Å². The van der Waals surface area contributed by atoms with Crippen LogP contribution in [0.1, 0.15) is 5.56 Å². The Morgan fingerprint density at radius 3 is 2.38 bits per heavy atom. The number of carbonyl (C=O) groups excluding carboxylic acids is 1. The fourth-order valence-electron chi connectivity index (χ4n) is 2.57. The van der Waals surface area contributed by atoms with Crippen LogP contribution in [-0.2, 0) is 21.4 Å². The second-order valence-corrected chi connectivity index (χ2v) is 7.38. The maximum Gasteiger partial charge on any atom is 0.261 e. The zero-order valence-electron chi connectivity index (χ0n) is 14.0. The first-order valence-corrected chi connectivity index (χ1v) is 9.48. The minimum Gasteiger partial charge on any atom is -0.348 e. The first-order valence-electron chi connectivity index (χ1n) is 7.99. The molecule has 3 aromatic rings. The lowest BCUT2D eigenvalue weighted by Gasteiger charge is -2.11. The molecule has 0 saturated carbocycles. The van der Waals surface area contributed by atoms with E-state index >= 15 is 0 Å². The number of fused-ring (bicyclic) bond motifs is 1. The Morgan fingerprint density at radius 1 is 0.962 bits per heavy atom. The highest BCUT2D eigenvalue weighted by atomic mass is 32.2. The van der Waals surface area contributed by atoms with Crippen molar-refractivity contribution in [3.63, 3.8) is 0 Å². The van der Waals surface area contributed by atoms with Gasteiger partial charge in [0.05, 0.1) is 10.6 Å². The molecule has 0 aliphatic carbocycles. The molecule has 2 N–H and O–H groups in total. The van der Waals surface area contributed by atoms with E-state index in [0.29, 0.717) is 12.2 Å². The van der Waals surface area contributed by atoms with Gasteiger partial charge < -0.3 is 5.32 Å². The molecule has 0 aromatic heterocycles. The van der Waals surface area contributed by atoms with Gasteiger partial charge in [0.2, 0.25) is 5.91 Å². The highest BCUT2D eigenvalue weighted by Crippen LogP contribution is 2.25. The van der Waals surface area contributed by atoms with Crippen LogP contribution < -0.4 is 10.0 Å². The van der Waals surface area contributed by atoms with Crippen LogP contribution in [0.15, 0.2) is 84.3 Å². The van der Waals surface area contributed by atoms with E-state index in [1.807, 2.05) is 36.4 Å². The van der Waals surface area contributed by atoms with Crippen molar-refractivity contribution in [3.8, 4) is 0 Å². The number of carbonyl (C=O) groups is 1. The van der Waals surface area contributed by atoms with Gasteiger partial charge in [-0.25, -0.2) is 8.42 Å². The maximum atomic E-state index is 12.7. The molecule has 0 unspecified atom stereocenters. The number of nitrogens with one attached hydrogen (secondary N) is 2. The Labute approximate surface area is 152 Å². The summed E-state index contributed by atoms with van der Waals surface area (Å²) in [5.74, 6) is -0.278. The summed E-state index contributed by atoms with van der Waals surface area (Å²) in [7, 11) is -3.71. The number of anilines is 1. The molecule has 6 heteroatoms. The van der Waals surface area contributed by atoms with E-state index in [2.05, 4.69) is 16.6 Å². The third kappa shape index (κ3) is 3.92. The number of amides is 1. The Morgan fingerprint density at radius 2 is 1.65 bits per heavy atom.